The van der Waals surface area contributed by atoms with Gasteiger partial charge in [0.25, 0.3) is 0 Å². The fourth-order valence-electron chi connectivity index (χ4n) is 4.05. The van der Waals surface area contributed by atoms with Crippen molar-refractivity contribution in [2.24, 2.45) is 0 Å². The summed E-state index contributed by atoms with van der Waals surface area (Å²) in [6, 6.07) is 14.1. The molecule has 29 heavy (non-hydrogen) atoms. The second kappa shape index (κ2) is 7.04. The molecule has 0 saturated heterocycles. The maximum absolute atomic E-state index is 10.6. The number of fused-ring (bicyclic) bond motifs is 1. The van der Waals surface area contributed by atoms with Gasteiger partial charge < -0.3 is 14.7 Å². The highest BCUT2D eigenvalue weighted by atomic mass is 32.1. The predicted octanol–water partition coefficient (Wildman–Crippen LogP) is 5.07. The third kappa shape index (κ3) is 3.09. The van der Waals surface area contributed by atoms with Crippen molar-refractivity contribution in [3.8, 4) is 17.0 Å². The molecule has 1 aliphatic carbocycles. The van der Waals surface area contributed by atoms with Crippen LogP contribution < -0.4 is 9.64 Å². The van der Waals surface area contributed by atoms with Crippen molar-refractivity contribution < 1.29 is 9.84 Å². The molecule has 0 atom stereocenters. The maximum Gasteiger partial charge on any atom is 0.139 e. The number of thiazole rings is 1. The number of hydrogen-bond donors (Lipinski definition) is 2. The molecule has 1 aliphatic heterocycles. The number of aliphatic hydroxyl groups excluding tert-OH is 1. The molecule has 146 valence electrons. The Balaban J connectivity index is 1.44. The molecule has 1 aromatic heterocycles. The standard InChI is InChI=1S/C23H21N3O2S/c1-28-18-7-3-6-16(11-18)19-13-29-23(25-19)21-20(27)12-26(22(21)24)17-9-8-14-4-2-5-15(14)10-17/h3,6-11,13,24,27H,2,4-5,12H2,1H3. The van der Waals surface area contributed by atoms with Crippen molar-refractivity contribution in [1.29, 1.82) is 5.41 Å². The zero-order valence-corrected chi connectivity index (χ0v) is 16.9. The molecule has 5 nitrogen and oxygen atoms in total. The number of amidine groups is 1. The predicted molar refractivity (Wildman–Crippen MR) is 117 cm³/mol. The average molecular weight is 404 g/mol. The maximum atomic E-state index is 10.6. The SMILES string of the molecule is COc1cccc(-c2csc(C3=C(O)CN(c4ccc5c(c4)CCC5)C3=N)n2)c1. The lowest BCUT2D eigenvalue weighted by atomic mass is 10.1. The number of rotatable bonds is 4. The summed E-state index contributed by atoms with van der Waals surface area (Å²) >= 11 is 1.44. The summed E-state index contributed by atoms with van der Waals surface area (Å²) in [6.45, 7) is 0.307. The van der Waals surface area contributed by atoms with Crippen molar-refractivity contribution in [2.75, 3.05) is 18.6 Å². The molecule has 5 rings (SSSR count). The Hall–Kier alpha value is -3.12. The average Bonchev–Trinajstić information content (AvgIpc) is 3.46. The fraction of sp³-hybridized carbons (Fsp3) is 0.217. The molecule has 0 amide bonds. The lowest BCUT2D eigenvalue weighted by molar-refractivity contribution is 0.411. The van der Waals surface area contributed by atoms with Crippen LogP contribution >= 0.6 is 11.3 Å². The van der Waals surface area contributed by atoms with Crippen molar-refractivity contribution in [3.05, 3.63) is 69.7 Å². The zero-order valence-electron chi connectivity index (χ0n) is 16.1. The van der Waals surface area contributed by atoms with E-state index >= 15 is 0 Å². The van der Waals surface area contributed by atoms with E-state index in [0.29, 0.717) is 23.0 Å². The molecule has 0 spiro atoms. The Labute approximate surface area is 173 Å². The van der Waals surface area contributed by atoms with Gasteiger partial charge in [-0.3, -0.25) is 5.41 Å². The van der Waals surface area contributed by atoms with Crippen LogP contribution in [0.15, 0.2) is 53.6 Å². The zero-order chi connectivity index (χ0) is 20.0. The summed E-state index contributed by atoms with van der Waals surface area (Å²) in [6.07, 6.45) is 3.41. The van der Waals surface area contributed by atoms with Gasteiger partial charge in [0.05, 0.1) is 24.9 Å². The first-order valence-electron chi connectivity index (χ1n) is 9.65. The van der Waals surface area contributed by atoms with Crippen LogP contribution in [0, 0.1) is 5.41 Å². The molecule has 0 bridgehead atoms. The lowest BCUT2D eigenvalue weighted by Gasteiger charge is -2.19. The molecule has 2 aromatic carbocycles. The van der Waals surface area contributed by atoms with Gasteiger partial charge in [0.2, 0.25) is 0 Å². The number of aliphatic hydroxyl groups is 1. The summed E-state index contributed by atoms with van der Waals surface area (Å²) in [5, 5.41) is 22.0. The highest BCUT2D eigenvalue weighted by Gasteiger charge is 2.31. The minimum atomic E-state index is 0.196. The van der Waals surface area contributed by atoms with Gasteiger partial charge in [-0.1, -0.05) is 18.2 Å². The summed E-state index contributed by atoms with van der Waals surface area (Å²) in [5.74, 6) is 1.27. The number of hydrogen-bond acceptors (Lipinski definition) is 5. The van der Waals surface area contributed by atoms with Gasteiger partial charge in [-0.15, -0.1) is 11.3 Å². The van der Waals surface area contributed by atoms with E-state index in [9.17, 15) is 5.11 Å². The molecule has 0 radical (unpaired) electrons. The van der Waals surface area contributed by atoms with Gasteiger partial charge in [0.15, 0.2) is 0 Å². The Morgan fingerprint density at radius 3 is 2.86 bits per heavy atom. The van der Waals surface area contributed by atoms with E-state index in [2.05, 4.69) is 18.2 Å². The van der Waals surface area contributed by atoms with Gasteiger partial charge in [0, 0.05) is 16.6 Å². The molecular weight excluding hydrogens is 382 g/mol. The van der Waals surface area contributed by atoms with Gasteiger partial charge in [-0.25, -0.2) is 4.98 Å². The monoisotopic (exact) mass is 403 g/mol. The Morgan fingerprint density at radius 1 is 1.14 bits per heavy atom. The van der Waals surface area contributed by atoms with Crippen LogP contribution in [0.1, 0.15) is 22.6 Å². The number of aryl methyl sites for hydroxylation is 2. The first-order valence-corrected chi connectivity index (χ1v) is 10.5. The second-order valence-electron chi connectivity index (χ2n) is 7.33. The van der Waals surface area contributed by atoms with Crippen LogP contribution in [-0.2, 0) is 12.8 Å². The molecule has 6 heteroatoms. The normalized spacial score (nSPS) is 15.9. The lowest BCUT2D eigenvalue weighted by Crippen LogP contribution is -2.26. The van der Waals surface area contributed by atoms with E-state index in [1.165, 1.54) is 28.9 Å². The van der Waals surface area contributed by atoms with Crippen LogP contribution in [-0.4, -0.2) is 29.6 Å². The molecule has 0 unspecified atom stereocenters. The minimum Gasteiger partial charge on any atom is -0.510 e. The highest BCUT2D eigenvalue weighted by Crippen LogP contribution is 2.36. The van der Waals surface area contributed by atoms with Crippen LogP contribution in [0.3, 0.4) is 0 Å². The smallest absolute Gasteiger partial charge is 0.139 e. The number of anilines is 1. The van der Waals surface area contributed by atoms with Crippen molar-refractivity contribution in [1.82, 2.24) is 4.98 Å². The number of nitrogens with zero attached hydrogens (tertiary/aromatic N) is 2. The molecule has 2 aliphatic rings. The van der Waals surface area contributed by atoms with Crippen molar-refractivity contribution in [2.45, 2.75) is 19.3 Å². The summed E-state index contributed by atoms with van der Waals surface area (Å²) in [5.41, 5.74) is 6.00. The Morgan fingerprint density at radius 2 is 2.00 bits per heavy atom. The van der Waals surface area contributed by atoms with Crippen LogP contribution in [0.2, 0.25) is 0 Å². The van der Waals surface area contributed by atoms with Crippen LogP contribution in [0.4, 0.5) is 5.69 Å². The van der Waals surface area contributed by atoms with E-state index in [1.807, 2.05) is 34.5 Å². The molecule has 2 heterocycles. The number of aromatic nitrogens is 1. The molecular formula is C23H21N3O2S. The second-order valence-corrected chi connectivity index (χ2v) is 8.19. The highest BCUT2D eigenvalue weighted by molar-refractivity contribution is 7.11. The number of nitrogens with one attached hydrogen (secondary N) is 1. The van der Waals surface area contributed by atoms with Gasteiger partial charge in [-0.2, -0.15) is 0 Å². The number of methoxy groups -OCH3 is 1. The van der Waals surface area contributed by atoms with E-state index < -0.39 is 0 Å². The van der Waals surface area contributed by atoms with Crippen LogP contribution in [0.5, 0.6) is 5.75 Å². The third-order valence-electron chi connectivity index (χ3n) is 5.58. The van der Waals surface area contributed by atoms with Gasteiger partial charge >= 0.3 is 0 Å². The first kappa shape index (κ1) is 17.9. The van der Waals surface area contributed by atoms with E-state index in [0.717, 1.165) is 35.5 Å². The topological polar surface area (TPSA) is 69.4 Å². The summed E-state index contributed by atoms with van der Waals surface area (Å²) in [4.78, 5) is 6.56. The summed E-state index contributed by atoms with van der Waals surface area (Å²) < 4.78 is 5.30. The molecule has 2 N–H and O–H groups in total. The fourth-order valence-corrected chi connectivity index (χ4v) is 4.95. The van der Waals surface area contributed by atoms with Gasteiger partial charge in [-0.05, 0) is 54.7 Å². The minimum absolute atomic E-state index is 0.196. The van der Waals surface area contributed by atoms with E-state index in [1.54, 1.807) is 7.11 Å². The Kier molecular flexibility index (Phi) is 4.36. The number of benzene rings is 2. The molecule has 0 fully saturated rings. The summed E-state index contributed by atoms with van der Waals surface area (Å²) in [7, 11) is 1.64. The van der Waals surface area contributed by atoms with Gasteiger partial charge in [0.1, 0.15) is 22.4 Å². The van der Waals surface area contributed by atoms with E-state index in [-0.39, 0.29) is 5.76 Å². The first-order chi connectivity index (χ1) is 14.1. The third-order valence-corrected chi connectivity index (χ3v) is 6.44. The Bertz CT molecular complexity index is 1150. The largest absolute Gasteiger partial charge is 0.510 e. The molecule has 0 saturated carbocycles. The van der Waals surface area contributed by atoms with Crippen LogP contribution in [0.25, 0.3) is 16.8 Å². The quantitative estimate of drug-likeness (QED) is 0.638. The van der Waals surface area contributed by atoms with Crippen molar-refractivity contribution >= 4 is 28.4 Å². The van der Waals surface area contributed by atoms with Crippen molar-refractivity contribution in [3.63, 3.8) is 0 Å². The molecule has 3 aromatic rings. The number of ether oxygens (including phenoxy) is 1. The van der Waals surface area contributed by atoms with E-state index in [4.69, 9.17) is 15.1 Å².